The van der Waals surface area contributed by atoms with Gasteiger partial charge < -0.3 is 0 Å². The monoisotopic (exact) mass is 450 g/mol. The van der Waals surface area contributed by atoms with E-state index >= 15 is 0 Å². The molecule has 0 aliphatic heterocycles. The van der Waals surface area contributed by atoms with Gasteiger partial charge in [0.15, 0.2) is 6.20 Å². The van der Waals surface area contributed by atoms with Crippen molar-refractivity contribution in [2.45, 2.75) is 57.7 Å². The topological polar surface area (TPSA) is 3.88 Å². The molecule has 168 valence electrons. The summed E-state index contributed by atoms with van der Waals surface area (Å²) < 4.78 is 2.29. The summed E-state index contributed by atoms with van der Waals surface area (Å²) in [4.78, 5) is 0. The van der Waals surface area contributed by atoms with Gasteiger partial charge in [-0.25, -0.2) is 4.57 Å². The Balaban J connectivity index is 1.62. The first-order valence-electron chi connectivity index (χ1n) is 12.5. The molecule has 1 aliphatic rings. The maximum atomic E-state index is 2.60. The molecular weight excluding hydrogens is 414 g/mol. The number of fused-ring (bicyclic) bond motifs is 1. The summed E-state index contributed by atoms with van der Waals surface area (Å²) in [6.45, 7) is 7.43. The average molecular weight is 451 g/mol. The Kier molecular flexibility index (Phi) is 5.97. The summed E-state index contributed by atoms with van der Waals surface area (Å²) in [6.07, 6.45) is 9.37. The van der Waals surface area contributed by atoms with Gasteiger partial charge in [-0.1, -0.05) is 105 Å². The van der Waals surface area contributed by atoms with E-state index in [1.807, 2.05) is 0 Å². The molecule has 0 unspecified atom stereocenters. The number of aryl methyl sites for hydroxylation is 2. The quantitative estimate of drug-likeness (QED) is 0.223. The minimum atomic E-state index is -1.48. The van der Waals surface area contributed by atoms with Crippen molar-refractivity contribution in [1.82, 2.24) is 0 Å². The van der Waals surface area contributed by atoms with Crippen LogP contribution in [0.25, 0.3) is 33.2 Å². The van der Waals surface area contributed by atoms with Crippen LogP contribution in [0.15, 0.2) is 79.0 Å². The zero-order valence-corrected chi connectivity index (χ0v) is 21.6. The zero-order chi connectivity index (χ0) is 23.0. The van der Waals surface area contributed by atoms with Gasteiger partial charge in [0.25, 0.3) is 0 Å². The first-order valence-corrected chi connectivity index (χ1v) is 15.6. The van der Waals surface area contributed by atoms with Crippen LogP contribution in [-0.2, 0) is 7.05 Å². The number of hydrogen-bond donors (Lipinski definition) is 0. The fourth-order valence-corrected chi connectivity index (χ4v) is 9.22. The van der Waals surface area contributed by atoms with Gasteiger partial charge >= 0.3 is 0 Å². The summed E-state index contributed by atoms with van der Waals surface area (Å²) in [7, 11) is 0.702. The Morgan fingerprint density at radius 1 is 0.788 bits per heavy atom. The van der Waals surface area contributed by atoms with Crippen LogP contribution in [-0.4, -0.2) is 8.07 Å². The van der Waals surface area contributed by atoms with Crippen LogP contribution in [0.5, 0.6) is 0 Å². The Labute approximate surface area is 200 Å². The largest absolute Gasteiger partial charge is 0.220 e. The van der Waals surface area contributed by atoms with Gasteiger partial charge in [0, 0.05) is 6.07 Å². The molecule has 0 radical (unpaired) electrons. The second-order valence-corrected chi connectivity index (χ2v) is 15.4. The Hall–Kier alpha value is -2.71. The summed E-state index contributed by atoms with van der Waals surface area (Å²) in [5.74, 6) is 0. The molecule has 0 spiro atoms. The van der Waals surface area contributed by atoms with Crippen LogP contribution in [0.3, 0.4) is 0 Å². The SMILES string of the molecule is Cc1ccc(-c2ccccc2)cc1-c1c2ccc([Si](C)(C)C3CCCCC3)cc2cc[n+]1C. The van der Waals surface area contributed by atoms with Crippen LogP contribution < -0.4 is 9.75 Å². The molecule has 0 amide bonds. The fraction of sp³-hybridized carbons (Fsp3) is 0.323. The molecule has 33 heavy (non-hydrogen) atoms. The molecule has 1 fully saturated rings. The van der Waals surface area contributed by atoms with E-state index in [2.05, 4.69) is 111 Å². The standard InChI is InChI=1S/C31H36NSi/c1-23-15-16-25(24-11-7-5-8-12-24)22-30(23)31-29-18-17-28(21-26(29)19-20-32(31)2)33(3,4)27-13-9-6-10-14-27/h5,7-8,11-12,15-22,27H,6,9-10,13-14H2,1-4H3/q+1. The van der Waals surface area contributed by atoms with Crippen molar-refractivity contribution in [2.75, 3.05) is 0 Å². The molecule has 1 aromatic heterocycles. The molecule has 0 bridgehead atoms. The normalized spacial score (nSPS) is 15.2. The van der Waals surface area contributed by atoms with E-state index in [0.717, 1.165) is 5.54 Å². The molecule has 1 aliphatic carbocycles. The molecule has 1 heterocycles. The second kappa shape index (κ2) is 8.91. The van der Waals surface area contributed by atoms with Crippen LogP contribution >= 0.6 is 0 Å². The summed E-state index contributed by atoms with van der Waals surface area (Å²) in [5.41, 5.74) is 7.42. The molecule has 0 atom stereocenters. The highest BCUT2D eigenvalue weighted by Crippen LogP contribution is 2.37. The summed E-state index contributed by atoms with van der Waals surface area (Å²) >= 11 is 0. The number of nitrogens with zero attached hydrogens (tertiary/aromatic N) is 1. The van der Waals surface area contributed by atoms with E-state index in [1.54, 1.807) is 5.19 Å². The molecule has 5 rings (SSSR count). The van der Waals surface area contributed by atoms with Crippen molar-refractivity contribution in [3.8, 4) is 22.4 Å². The predicted molar refractivity (Wildman–Crippen MR) is 145 cm³/mol. The van der Waals surface area contributed by atoms with Crippen molar-refractivity contribution in [2.24, 2.45) is 7.05 Å². The molecule has 2 heteroatoms. The molecule has 1 nitrogen and oxygen atoms in total. The lowest BCUT2D eigenvalue weighted by Gasteiger charge is -2.36. The summed E-state index contributed by atoms with van der Waals surface area (Å²) in [5, 5.41) is 4.35. The molecule has 0 saturated heterocycles. The number of benzene rings is 3. The van der Waals surface area contributed by atoms with Crippen molar-refractivity contribution >= 4 is 24.0 Å². The number of hydrogen-bond acceptors (Lipinski definition) is 0. The smallest absolute Gasteiger partial charge is 0.200 e. The number of aromatic nitrogens is 1. The lowest BCUT2D eigenvalue weighted by Crippen LogP contribution is -2.46. The van der Waals surface area contributed by atoms with E-state index in [4.69, 9.17) is 0 Å². The summed E-state index contributed by atoms with van der Waals surface area (Å²) in [6, 6.07) is 27.3. The van der Waals surface area contributed by atoms with E-state index in [1.165, 1.54) is 70.8 Å². The maximum Gasteiger partial charge on any atom is 0.220 e. The van der Waals surface area contributed by atoms with Gasteiger partial charge in [0.05, 0.1) is 19.0 Å². The molecule has 1 saturated carbocycles. The highest BCUT2D eigenvalue weighted by Gasteiger charge is 2.34. The van der Waals surface area contributed by atoms with E-state index in [0.29, 0.717) is 0 Å². The lowest BCUT2D eigenvalue weighted by atomic mass is 9.95. The van der Waals surface area contributed by atoms with E-state index in [9.17, 15) is 0 Å². The fourth-order valence-electron chi connectivity index (χ4n) is 5.86. The Morgan fingerprint density at radius 3 is 2.30 bits per heavy atom. The third kappa shape index (κ3) is 4.17. The van der Waals surface area contributed by atoms with Crippen molar-refractivity contribution in [3.05, 3.63) is 84.6 Å². The average Bonchev–Trinajstić information content (AvgIpc) is 2.85. The van der Waals surface area contributed by atoms with Gasteiger partial charge in [-0.2, -0.15) is 0 Å². The van der Waals surface area contributed by atoms with Gasteiger partial charge in [-0.05, 0) is 46.7 Å². The molecule has 0 N–H and O–H groups in total. The van der Waals surface area contributed by atoms with E-state index < -0.39 is 8.07 Å². The third-order valence-corrected chi connectivity index (χ3v) is 12.5. The Morgan fingerprint density at radius 2 is 1.55 bits per heavy atom. The minimum absolute atomic E-state index is 0.924. The van der Waals surface area contributed by atoms with Gasteiger partial charge in [-0.3, -0.25) is 0 Å². The zero-order valence-electron chi connectivity index (χ0n) is 20.6. The van der Waals surface area contributed by atoms with Crippen molar-refractivity contribution < 1.29 is 4.57 Å². The first-order chi connectivity index (χ1) is 15.9. The Bertz CT molecular complexity index is 1280. The highest BCUT2D eigenvalue weighted by molar-refractivity contribution is 6.91. The maximum absolute atomic E-state index is 2.60. The second-order valence-electron chi connectivity index (χ2n) is 10.5. The third-order valence-electron chi connectivity index (χ3n) is 8.11. The van der Waals surface area contributed by atoms with Crippen LogP contribution in [0.4, 0.5) is 0 Å². The minimum Gasteiger partial charge on any atom is -0.200 e. The predicted octanol–water partition coefficient (Wildman–Crippen LogP) is 7.56. The number of rotatable bonds is 4. The van der Waals surface area contributed by atoms with E-state index in [-0.39, 0.29) is 0 Å². The number of pyridine rings is 1. The molecule has 3 aromatic carbocycles. The van der Waals surface area contributed by atoms with Gasteiger partial charge in [0.2, 0.25) is 5.69 Å². The van der Waals surface area contributed by atoms with Gasteiger partial charge in [0.1, 0.15) is 7.05 Å². The van der Waals surface area contributed by atoms with Crippen LogP contribution in [0.1, 0.15) is 37.7 Å². The molecule has 4 aromatic rings. The van der Waals surface area contributed by atoms with Crippen molar-refractivity contribution in [3.63, 3.8) is 0 Å². The molecular formula is C31H36NSi+. The van der Waals surface area contributed by atoms with Crippen LogP contribution in [0.2, 0.25) is 18.6 Å². The first kappa shape index (κ1) is 22.1. The van der Waals surface area contributed by atoms with Gasteiger partial charge in [-0.15, -0.1) is 0 Å². The lowest BCUT2D eigenvalue weighted by molar-refractivity contribution is -0.659. The highest BCUT2D eigenvalue weighted by atomic mass is 28.3. The van der Waals surface area contributed by atoms with Crippen LogP contribution in [0, 0.1) is 6.92 Å². The van der Waals surface area contributed by atoms with Crippen molar-refractivity contribution in [1.29, 1.82) is 0 Å².